The topological polar surface area (TPSA) is 97.3 Å². The number of nitrogens with zero attached hydrogens (tertiary/aromatic N) is 4. The number of aromatic nitrogens is 3. The summed E-state index contributed by atoms with van der Waals surface area (Å²) in [5.74, 6) is -5.95. The second-order valence-corrected chi connectivity index (χ2v) is 6.51. The standard InChI is InChI=1S/C16H15F6N5O2/c17-8-4-10(19)9(18)3-7(8)14(29)11(23)5-13(28)26-1-2-27-12(6-26)24-25-15(27)16(20,21)22/h3-4,11,14,29H,1-2,5-6,23H2/t11-,14?/m0/s1. The molecule has 3 rings (SSSR count). The lowest BCUT2D eigenvalue weighted by molar-refractivity contribution is -0.148. The van der Waals surface area contributed by atoms with Gasteiger partial charge in [-0.05, 0) is 6.07 Å². The molecule has 2 aromatic rings. The Morgan fingerprint density at radius 3 is 2.45 bits per heavy atom. The van der Waals surface area contributed by atoms with E-state index in [1.165, 1.54) is 4.90 Å². The first-order chi connectivity index (χ1) is 13.5. The number of halogens is 6. The lowest BCUT2D eigenvalue weighted by atomic mass is 9.99. The van der Waals surface area contributed by atoms with Gasteiger partial charge in [0.2, 0.25) is 11.7 Å². The minimum atomic E-state index is -4.68. The first kappa shape index (κ1) is 21.0. The molecule has 1 aliphatic rings. The van der Waals surface area contributed by atoms with E-state index in [4.69, 9.17) is 5.73 Å². The first-order valence-electron chi connectivity index (χ1n) is 8.34. The highest BCUT2D eigenvalue weighted by atomic mass is 19.4. The minimum Gasteiger partial charge on any atom is -0.387 e. The number of rotatable bonds is 4. The smallest absolute Gasteiger partial charge is 0.387 e. The molecular formula is C16H15F6N5O2. The van der Waals surface area contributed by atoms with E-state index < -0.39 is 59.5 Å². The molecule has 2 heterocycles. The van der Waals surface area contributed by atoms with Gasteiger partial charge >= 0.3 is 6.18 Å². The lowest BCUT2D eigenvalue weighted by Gasteiger charge is -2.29. The highest BCUT2D eigenvalue weighted by Gasteiger charge is 2.40. The molecule has 0 saturated carbocycles. The Kier molecular flexibility index (Phi) is 5.54. The van der Waals surface area contributed by atoms with E-state index in [-0.39, 0.29) is 31.5 Å². The van der Waals surface area contributed by atoms with E-state index >= 15 is 0 Å². The van der Waals surface area contributed by atoms with Crippen molar-refractivity contribution >= 4 is 5.91 Å². The van der Waals surface area contributed by atoms with Gasteiger partial charge in [-0.1, -0.05) is 0 Å². The monoisotopic (exact) mass is 423 g/mol. The molecule has 0 aliphatic carbocycles. The van der Waals surface area contributed by atoms with Crippen molar-refractivity contribution in [1.82, 2.24) is 19.7 Å². The van der Waals surface area contributed by atoms with Gasteiger partial charge in [-0.3, -0.25) is 4.79 Å². The Morgan fingerprint density at radius 1 is 1.14 bits per heavy atom. The van der Waals surface area contributed by atoms with E-state index in [9.17, 15) is 36.2 Å². The third-order valence-electron chi connectivity index (χ3n) is 4.53. The van der Waals surface area contributed by atoms with Crippen LogP contribution in [0.3, 0.4) is 0 Å². The number of hydrogen-bond donors (Lipinski definition) is 2. The maximum atomic E-state index is 13.8. The van der Waals surface area contributed by atoms with Gasteiger partial charge in [-0.15, -0.1) is 10.2 Å². The van der Waals surface area contributed by atoms with Crippen LogP contribution in [0, 0.1) is 17.5 Å². The normalized spacial score (nSPS) is 16.5. The van der Waals surface area contributed by atoms with E-state index in [0.29, 0.717) is 6.07 Å². The third kappa shape index (κ3) is 4.19. The van der Waals surface area contributed by atoms with Gasteiger partial charge < -0.3 is 20.3 Å². The number of nitrogens with two attached hydrogens (primary N) is 1. The lowest BCUT2D eigenvalue weighted by Crippen LogP contribution is -2.42. The van der Waals surface area contributed by atoms with E-state index in [1.54, 1.807) is 0 Å². The fourth-order valence-corrected chi connectivity index (χ4v) is 3.02. The van der Waals surface area contributed by atoms with Gasteiger partial charge in [-0.25, -0.2) is 13.2 Å². The first-order valence-corrected chi connectivity index (χ1v) is 8.34. The second-order valence-electron chi connectivity index (χ2n) is 6.51. The largest absolute Gasteiger partial charge is 0.451 e. The molecule has 7 nitrogen and oxygen atoms in total. The number of carbonyl (C=O) groups excluding carboxylic acids is 1. The van der Waals surface area contributed by atoms with Crippen molar-refractivity contribution in [2.75, 3.05) is 6.54 Å². The van der Waals surface area contributed by atoms with Gasteiger partial charge in [0.05, 0.1) is 12.6 Å². The molecule has 29 heavy (non-hydrogen) atoms. The molecule has 13 heteroatoms. The Morgan fingerprint density at radius 2 is 1.79 bits per heavy atom. The van der Waals surface area contributed by atoms with Crippen LogP contribution in [0.5, 0.6) is 0 Å². The molecule has 0 fully saturated rings. The summed E-state index contributed by atoms with van der Waals surface area (Å²) < 4.78 is 79.5. The summed E-state index contributed by atoms with van der Waals surface area (Å²) >= 11 is 0. The molecule has 1 amide bonds. The van der Waals surface area contributed by atoms with E-state index in [1.807, 2.05) is 0 Å². The highest BCUT2D eigenvalue weighted by Crippen LogP contribution is 2.30. The SMILES string of the molecule is N[C@@H](CC(=O)N1CCn2c(nnc2C(F)(F)F)C1)C(O)c1cc(F)c(F)cc1F. The van der Waals surface area contributed by atoms with Crippen molar-refractivity contribution in [2.24, 2.45) is 5.73 Å². The number of benzene rings is 1. The Bertz CT molecular complexity index is 931. The Hall–Kier alpha value is -2.67. The van der Waals surface area contributed by atoms with Crippen LogP contribution in [0.25, 0.3) is 0 Å². The minimum absolute atomic E-state index is 0.0716. The zero-order valence-electron chi connectivity index (χ0n) is 14.6. The Labute approximate surface area is 159 Å². The fourth-order valence-electron chi connectivity index (χ4n) is 3.02. The molecule has 2 atom stereocenters. The molecule has 0 spiro atoms. The van der Waals surface area contributed by atoms with Crippen LogP contribution in [0.4, 0.5) is 26.3 Å². The predicted molar refractivity (Wildman–Crippen MR) is 84.3 cm³/mol. The summed E-state index contributed by atoms with van der Waals surface area (Å²) in [4.78, 5) is 13.6. The Balaban J connectivity index is 1.68. The van der Waals surface area contributed by atoms with Gasteiger partial charge in [0, 0.05) is 37.2 Å². The van der Waals surface area contributed by atoms with Crippen LogP contribution in [-0.4, -0.2) is 43.3 Å². The summed E-state index contributed by atoms with van der Waals surface area (Å²) in [5.41, 5.74) is 5.09. The van der Waals surface area contributed by atoms with Crippen LogP contribution in [0.1, 0.15) is 29.7 Å². The average Bonchev–Trinajstić information content (AvgIpc) is 3.07. The van der Waals surface area contributed by atoms with Crippen molar-refractivity contribution < 1.29 is 36.2 Å². The maximum absolute atomic E-state index is 13.8. The van der Waals surface area contributed by atoms with Gasteiger partial charge in [0.25, 0.3) is 0 Å². The number of carbonyl (C=O) groups is 1. The van der Waals surface area contributed by atoms with Crippen LogP contribution >= 0.6 is 0 Å². The van der Waals surface area contributed by atoms with Gasteiger partial charge in [0.15, 0.2) is 17.5 Å². The molecule has 158 valence electrons. The summed E-state index contributed by atoms with van der Waals surface area (Å²) in [6, 6.07) is -0.674. The number of aliphatic hydroxyl groups is 1. The number of amides is 1. The molecule has 0 radical (unpaired) electrons. The summed E-state index contributed by atoms with van der Waals surface area (Å²) in [7, 11) is 0. The highest BCUT2D eigenvalue weighted by molar-refractivity contribution is 5.77. The molecule has 1 aromatic carbocycles. The van der Waals surface area contributed by atoms with Crippen LogP contribution < -0.4 is 5.73 Å². The van der Waals surface area contributed by atoms with Gasteiger partial charge in [0.1, 0.15) is 5.82 Å². The van der Waals surface area contributed by atoms with Crippen molar-refractivity contribution in [1.29, 1.82) is 0 Å². The van der Waals surface area contributed by atoms with Crippen molar-refractivity contribution in [3.8, 4) is 0 Å². The molecule has 1 unspecified atom stereocenters. The summed E-state index contributed by atoms with van der Waals surface area (Å²) in [6.45, 7) is -0.544. The van der Waals surface area contributed by atoms with E-state index in [0.717, 1.165) is 4.57 Å². The zero-order chi connectivity index (χ0) is 21.5. The zero-order valence-corrected chi connectivity index (χ0v) is 14.6. The van der Waals surface area contributed by atoms with Crippen molar-refractivity contribution in [3.63, 3.8) is 0 Å². The average molecular weight is 423 g/mol. The predicted octanol–water partition coefficient (Wildman–Crippen LogP) is 1.51. The summed E-state index contributed by atoms with van der Waals surface area (Å²) in [6.07, 6.45) is -7.00. The molecule has 1 aromatic heterocycles. The molecule has 3 N–H and O–H groups in total. The third-order valence-corrected chi connectivity index (χ3v) is 4.53. The summed E-state index contributed by atoms with van der Waals surface area (Å²) in [5, 5.41) is 16.6. The van der Waals surface area contributed by atoms with E-state index in [2.05, 4.69) is 10.2 Å². The van der Waals surface area contributed by atoms with Crippen molar-refractivity contribution in [3.05, 3.63) is 46.8 Å². The molecule has 1 aliphatic heterocycles. The number of alkyl halides is 3. The fraction of sp³-hybridized carbons (Fsp3) is 0.438. The van der Waals surface area contributed by atoms with Crippen LogP contribution in [0.2, 0.25) is 0 Å². The number of hydrogen-bond acceptors (Lipinski definition) is 5. The number of aliphatic hydroxyl groups excluding tert-OH is 1. The quantitative estimate of drug-likeness (QED) is 0.574. The van der Waals surface area contributed by atoms with Crippen LogP contribution in [0.15, 0.2) is 12.1 Å². The van der Waals surface area contributed by atoms with Crippen LogP contribution in [-0.2, 0) is 24.1 Å². The number of fused-ring (bicyclic) bond motifs is 1. The second kappa shape index (κ2) is 7.63. The molecular weight excluding hydrogens is 408 g/mol. The molecule has 0 bridgehead atoms. The van der Waals surface area contributed by atoms with Crippen molar-refractivity contribution in [2.45, 2.75) is 37.8 Å². The van der Waals surface area contributed by atoms with Gasteiger partial charge in [-0.2, -0.15) is 13.2 Å². The molecule has 0 saturated heterocycles. The maximum Gasteiger partial charge on any atom is 0.451 e.